The van der Waals surface area contributed by atoms with Crippen LogP contribution in [-0.2, 0) is 5.41 Å². The van der Waals surface area contributed by atoms with Crippen molar-refractivity contribution >= 4 is 11.6 Å². The first kappa shape index (κ1) is 10.5. The minimum absolute atomic E-state index is 0.257. The highest BCUT2D eigenvalue weighted by Gasteiger charge is 2.26. The van der Waals surface area contributed by atoms with E-state index in [2.05, 4.69) is 0 Å². The molecule has 1 unspecified atom stereocenters. The second-order valence-electron chi connectivity index (χ2n) is 3.38. The van der Waals surface area contributed by atoms with Crippen molar-refractivity contribution in [3.8, 4) is 0 Å². The normalized spacial score (nSPS) is 15.4. The van der Waals surface area contributed by atoms with Crippen LogP contribution in [0.4, 0.5) is 4.39 Å². The zero-order valence-corrected chi connectivity index (χ0v) is 8.31. The zero-order chi connectivity index (χ0) is 9.90. The maximum Gasteiger partial charge on any atom is 0.100 e. The van der Waals surface area contributed by atoms with Gasteiger partial charge in [0.2, 0.25) is 0 Å². The lowest BCUT2D eigenvalue weighted by molar-refractivity contribution is 0.334. The molecule has 1 rings (SSSR count). The van der Waals surface area contributed by atoms with Crippen LogP contribution < -0.4 is 5.73 Å². The fourth-order valence-corrected chi connectivity index (χ4v) is 1.55. The molecule has 0 heterocycles. The average molecular weight is 202 g/mol. The van der Waals surface area contributed by atoms with Crippen LogP contribution in [0.2, 0.25) is 5.02 Å². The van der Waals surface area contributed by atoms with Crippen molar-refractivity contribution < 1.29 is 4.39 Å². The molecule has 2 N–H and O–H groups in total. The lowest BCUT2D eigenvalue weighted by Gasteiger charge is -2.25. The summed E-state index contributed by atoms with van der Waals surface area (Å²) in [5.41, 5.74) is 5.64. The molecule has 3 heteroatoms. The Labute approximate surface area is 82.7 Å². The molecule has 0 saturated heterocycles. The zero-order valence-electron chi connectivity index (χ0n) is 7.56. The van der Waals surface area contributed by atoms with E-state index >= 15 is 0 Å². The molecule has 0 spiro atoms. The molecule has 0 aliphatic rings. The second-order valence-corrected chi connectivity index (χ2v) is 3.79. The Hall–Kier alpha value is -0.600. The molecule has 0 amide bonds. The molecule has 72 valence electrons. The monoisotopic (exact) mass is 201 g/mol. The quantitative estimate of drug-likeness (QED) is 0.799. The third kappa shape index (κ3) is 2.01. The van der Waals surface area contributed by atoms with Gasteiger partial charge in [-0.15, -0.1) is 0 Å². The largest absolute Gasteiger partial charge is 0.329 e. The summed E-state index contributed by atoms with van der Waals surface area (Å²) in [6.45, 7) is 1.54. The van der Waals surface area contributed by atoms with Gasteiger partial charge in [0.25, 0.3) is 0 Å². The van der Waals surface area contributed by atoms with Gasteiger partial charge >= 0.3 is 0 Å². The van der Waals surface area contributed by atoms with Gasteiger partial charge in [-0.3, -0.25) is 4.39 Å². The highest BCUT2D eigenvalue weighted by atomic mass is 35.5. The van der Waals surface area contributed by atoms with Crippen molar-refractivity contribution in [2.45, 2.75) is 12.3 Å². The van der Waals surface area contributed by atoms with Crippen LogP contribution in [0.25, 0.3) is 0 Å². The first-order valence-electron chi connectivity index (χ1n) is 4.15. The van der Waals surface area contributed by atoms with Crippen molar-refractivity contribution in [2.75, 3.05) is 13.2 Å². The van der Waals surface area contributed by atoms with E-state index < -0.39 is 12.1 Å². The standard InChI is InChI=1S/C10H13ClFN/c1-10(6-12,7-13)8-4-2-3-5-9(8)11/h2-5H,6-7,13H2,1H3. The van der Waals surface area contributed by atoms with Crippen LogP contribution in [0.3, 0.4) is 0 Å². The number of benzene rings is 1. The summed E-state index contributed by atoms with van der Waals surface area (Å²) in [5.74, 6) is 0. The summed E-state index contributed by atoms with van der Waals surface area (Å²) in [5, 5.41) is 0.577. The summed E-state index contributed by atoms with van der Waals surface area (Å²) >= 11 is 5.94. The predicted molar refractivity (Wildman–Crippen MR) is 53.8 cm³/mol. The molecule has 1 nitrogen and oxygen atoms in total. The Balaban J connectivity index is 3.12. The maximum atomic E-state index is 12.8. The summed E-state index contributed by atoms with van der Waals surface area (Å²) in [7, 11) is 0. The summed E-state index contributed by atoms with van der Waals surface area (Å²) in [4.78, 5) is 0. The summed E-state index contributed by atoms with van der Waals surface area (Å²) in [6.07, 6.45) is 0. The van der Waals surface area contributed by atoms with Gasteiger partial charge in [-0.25, -0.2) is 0 Å². The summed E-state index contributed by atoms with van der Waals surface area (Å²) < 4.78 is 12.8. The smallest absolute Gasteiger partial charge is 0.100 e. The van der Waals surface area contributed by atoms with E-state index in [1.54, 1.807) is 13.0 Å². The van der Waals surface area contributed by atoms with Crippen molar-refractivity contribution in [3.63, 3.8) is 0 Å². The van der Waals surface area contributed by atoms with Crippen molar-refractivity contribution in [2.24, 2.45) is 5.73 Å². The van der Waals surface area contributed by atoms with Gasteiger partial charge in [-0.2, -0.15) is 0 Å². The third-order valence-electron chi connectivity index (χ3n) is 2.27. The molecule has 1 aromatic rings. The van der Waals surface area contributed by atoms with Crippen LogP contribution in [0.5, 0.6) is 0 Å². The van der Waals surface area contributed by atoms with Gasteiger partial charge in [0, 0.05) is 17.0 Å². The van der Waals surface area contributed by atoms with Crippen LogP contribution >= 0.6 is 11.6 Å². The first-order chi connectivity index (χ1) is 6.14. The van der Waals surface area contributed by atoms with Gasteiger partial charge in [-0.05, 0) is 11.6 Å². The minimum Gasteiger partial charge on any atom is -0.329 e. The van der Waals surface area contributed by atoms with Crippen molar-refractivity contribution in [1.29, 1.82) is 0 Å². The van der Waals surface area contributed by atoms with Gasteiger partial charge in [0.1, 0.15) is 6.67 Å². The van der Waals surface area contributed by atoms with E-state index in [4.69, 9.17) is 17.3 Å². The maximum absolute atomic E-state index is 12.8. The Bertz CT molecular complexity index is 284. The molecule has 0 aliphatic heterocycles. The Morgan fingerprint density at radius 3 is 2.54 bits per heavy atom. The Morgan fingerprint density at radius 1 is 1.46 bits per heavy atom. The lowest BCUT2D eigenvalue weighted by atomic mass is 9.84. The van der Waals surface area contributed by atoms with E-state index in [0.717, 1.165) is 5.56 Å². The predicted octanol–water partition coefficient (Wildman–Crippen LogP) is 2.53. The van der Waals surface area contributed by atoms with Crippen LogP contribution in [0, 0.1) is 0 Å². The number of nitrogens with two attached hydrogens (primary N) is 1. The number of hydrogen-bond acceptors (Lipinski definition) is 1. The van der Waals surface area contributed by atoms with E-state index in [0.29, 0.717) is 5.02 Å². The number of hydrogen-bond donors (Lipinski definition) is 1. The topological polar surface area (TPSA) is 26.0 Å². The molecule has 1 aromatic carbocycles. The fourth-order valence-electron chi connectivity index (χ4n) is 1.19. The molecule has 0 radical (unpaired) electrons. The van der Waals surface area contributed by atoms with E-state index in [9.17, 15) is 4.39 Å². The van der Waals surface area contributed by atoms with E-state index in [1.165, 1.54) is 0 Å². The molecule has 0 bridgehead atoms. The van der Waals surface area contributed by atoms with Gasteiger partial charge in [-0.1, -0.05) is 36.7 Å². The third-order valence-corrected chi connectivity index (χ3v) is 2.60. The number of rotatable bonds is 3. The minimum atomic E-state index is -0.654. The SMILES string of the molecule is CC(CN)(CF)c1ccccc1Cl. The van der Waals surface area contributed by atoms with Gasteiger partial charge in [0.15, 0.2) is 0 Å². The van der Waals surface area contributed by atoms with Gasteiger partial charge < -0.3 is 5.73 Å². The van der Waals surface area contributed by atoms with Crippen molar-refractivity contribution in [1.82, 2.24) is 0 Å². The molecule has 13 heavy (non-hydrogen) atoms. The molecule has 0 aromatic heterocycles. The molecular formula is C10H13ClFN. The summed E-state index contributed by atoms with van der Waals surface area (Å²) in [6, 6.07) is 7.22. The second kappa shape index (κ2) is 4.07. The van der Waals surface area contributed by atoms with Crippen LogP contribution in [0.15, 0.2) is 24.3 Å². The van der Waals surface area contributed by atoms with Gasteiger partial charge in [0.05, 0.1) is 0 Å². The Kier molecular flexibility index (Phi) is 3.28. The highest BCUT2D eigenvalue weighted by molar-refractivity contribution is 6.31. The molecule has 0 fully saturated rings. The van der Waals surface area contributed by atoms with Crippen LogP contribution in [-0.4, -0.2) is 13.2 Å². The Morgan fingerprint density at radius 2 is 2.08 bits per heavy atom. The number of alkyl halides is 1. The molecule has 0 saturated carbocycles. The molecule has 0 aliphatic carbocycles. The average Bonchev–Trinajstić information content (AvgIpc) is 2.17. The van der Waals surface area contributed by atoms with E-state index in [-0.39, 0.29) is 6.54 Å². The molecular weight excluding hydrogens is 189 g/mol. The van der Waals surface area contributed by atoms with Crippen LogP contribution in [0.1, 0.15) is 12.5 Å². The molecule has 1 atom stereocenters. The fraction of sp³-hybridized carbons (Fsp3) is 0.400. The first-order valence-corrected chi connectivity index (χ1v) is 4.53. The van der Waals surface area contributed by atoms with E-state index in [1.807, 2.05) is 18.2 Å². The number of halogens is 2. The lowest BCUT2D eigenvalue weighted by Crippen LogP contribution is -2.34. The highest BCUT2D eigenvalue weighted by Crippen LogP contribution is 2.29. The van der Waals surface area contributed by atoms with Crippen molar-refractivity contribution in [3.05, 3.63) is 34.9 Å².